The number of morpholine rings is 1. The summed E-state index contributed by atoms with van der Waals surface area (Å²) in [6, 6.07) is 8.49. The molecule has 1 aromatic carbocycles. The molecule has 0 bridgehead atoms. The van der Waals surface area contributed by atoms with Gasteiger partial charge in [0.15, 0.2) is 5.96 Å². The zero-order chi connectivity index (χ0) is 17.4. The number of aliphatic imine (C=N–C) groups is 1. The molecule has 1 aromatic rings. The second-order valence-electron chi connectivity index (χ2n) is 6.47. The SMILES string of the molecule is CN=C(NCc1ccccc1N1CCOCC1)NCC(C)(C)OC. The molecule has 1 saturated heterocycles. The number of methoxy groups -OCH3 is 1. The molecule has 1 aliphatic heterocycles. The number of ether oxygens (including phenoxy) is 2. The number of rotatable bonds is 6. The van der Waals surface area contributed by atoms with Gasteiger partial charge in [0.25, 0.3) is 0 Å². The van der Waals surface area contributed by atoms with Crippen LogP contribution in [0.5, 0.6) is 0 Å². The lowest BCUT2D eigenvalue weighted by Gasteiger charge is -2.31. The van der Waals surface area contributed by atoms with Gasteiger partial charge in [-0.1, -0.05) is 18.2 Å². The highest BCUT2D eigenvalue weighted by atomic mass is 16.5. The van der Waals surface area contributed by atoms with Crippen molar-refractivity contribution in [2.75, 3.05) is 51.9 Å². The van der Waals surface area contributed by atoms with Crippen LogP contribution in [0.1, 0.15) is 19.4 Å². The van der Waals surface area contributed by atoms with Crippen LogP contribution in [-0.2, 0) is 16.0 Å². The maximum atomic E-state index is 5.45. The van der Waals surface area contributed by atoms with Crippen LogP contribution in [0.2, 0.25) is 0 Å². The van der Waals surface area contributed by atoms with E-state index in [2.05, 4.69) is 44.8 Å². The van der Waals surface area contributed by atoms with Crippen molar-refractivity contribution in [1.82, 2.24) is 10.6 Å². The first-order valence-corrected chi connectivity index (χ1v) is 8.46. The highest BCUT2D eigenvalue weighted by Crippen LogP contribution is 2.21. The molecule has 0 amide bonds. The lowest BCUT2D eigenvalue weighted by Crippen LogP contribution is -2.45. The Bertz CT molecular complexity index is 540. The van der Waals surface area contributed by atoms with Gasteiger partial charge in [0.1, 0.15) is 0 Å². The van der Waals surface area contributed by atoms with E-state index in [4.69, 9.17) is 9.47 Å². The first-order valence-electron chi connectivity index (χ1n) is 8.46. The van der Waals surface area contributed by atoms with E-state index in [1.165, 1.54) is 11.3 Å². The number of nitrogens with zero attached hydrogens (tertiary/aromatic N) is 2. The van der Waals surface area contributed by atoms with Gasteiger partial charge < -0.3 is 25.0 Å². The Hall–Kier alpha value is -1.79. The van der Waals surface area contributed by atoms with Crippen LogP contribution in [-0.4, -0.2) is 58.6 Å². The molecular weight excluding hydrogens is 304 g/mol. The molecule has 1 heterocycles. The van der Waals surface area contributed by atoms with E-state index < -0.39 is 0 Å². The molecule has 24 heavy (non-hydrogen) atoms. The van der Waals surface area contributed by atoms with Gasteiger partial charge >= 0.3 is 0 Å². The summed E-state index contributed by atoms with van der Waals surface area (Å²) in [6.07, 6.45) is 0. The fourth-order valence-corrected chi connectivity index (χ4v) is 2.54. The molecule has 6 nitrogen and oxygen atoms in total. The quantitative estimate of drug-likeness (QED) is 0.611. The highest BCUT2D eigenvalue weighted by molar-refractivity contribution is 5.79. The zero-order valence-corrected chi connectivity index (χ0v) is 15.3. The second kappa shape index (κ2) is 8.89. The van der Waals surface area contributed by atoms with Crippen molar-refractivity contribution in [3.63, 3.8) is 0 Å². The molecule has 1 fully saturated rings. The fourth-order valence-electron chi connectivity index (χ4n) is 2.54. The number of hydrogen-bond acceptors (Lipinski definition) is 4. The summed E-state index contributed by atoms with van der Waals surface area (Å²) < 4.78 is 10.9. The van der Waals surface area contributed by atoms with Crippen molar-refractivity contribution in [2.24, 2.45) is 4.99 Å². The van der Waals surface area contributed by atoms with E-state index in [9.17, 15) is 0 Å². The topological polar surface area (TPSA) is 58.1 Å². The number of nitrogens with one attached hydrogen (secondary N) is 2. The standard InChI is InChI=1S/C18H30N4O2/c1-18(2,23-4)14-21-17(19-3)20-13-15-7-5-6-8-16(15)22-9-11-24-12-10-22/h5-8H,9-14H2,1-4H3,(H2,19,20,21). The third-order valence-corrected chi connectivity index (χ3v) is 4.25. The minimum absolute atomic E-state index is 0.233. The molecule has 0 unspecified atom stereocenters. The molecule has 0 radical (unpaired) electrons. The number of para-hydroxylation sites is 1. The molecule has 6 heteroatoms. The third kappa shape index (κ3) is 5.39. The number of guanidine groups is 1. The summed E-state index contributed by atoms with van der Waals surface area (Å²) >= 11 is 0. The zero-order valence-electron chi connectivity index (χ0n) is 15.3. The largest absolute Gasteiger partial charge is 0.378 e. The molecule has 0 spiro atoms. The maximum Gasteiger partial charge on any atom is 0.191 e. The van der Waals surface area contributed by atoms with Gasteiger partial charge in [0.2, 0.25) is 0 Å². The van der Waals surface area contributed by atoms with E-state index in [1.807, 2.05) is 13.8 Å². The van der Waals surface area contributed by atoms with Crippen LogP contribution in [0, 0.1) is 0 Å². The van der Waals surface area contributed by atoms with Crippen molar-refractivity contribution >= 4 is 11.6 Å². The summed E-state index contributed by atoms with van der Waals surface area (Å²) in [5, 5.41) is 6.70. The molecule has 0 aliphatic carbocycles. The molecular formula is C18H30N4O2. The Morgan fingerprint density at radius 2 is 1.96 bits per heavy atom. The first kappa shape index (κ1) is 18.5. The van der Waals surface area contributed by atoms with Gasteiger partial charge in [0, 0.05) is 46.0 Å². The van der Waals surface area contributed by atoms with E-state index in [-0.39, 0.29) is 5.60 Å². The van der Waals surface area contributed by atoms with E-state index in [0.717, 1.165) is 38.8 Å². The minimum atomic E-state index is -0.233. The van der Waals surface area contributed by atoms with Gasteiger partial charge in [0.05, 0.1) is 18.8 Å². The van der Waals surface area contributed by atoms with Crippen molar-refractivity contribution in [2.45, 2.75) is 26.0 Å². The van der Waals surface area contributed by atoms with Crippen LogP contribution >= 0.6 is 0 Å². The van der Waals surface area contributed by atoms with Gasteiger partial charge in [-0.05, 0) is 25.5 Å². The summed E-state index contributed by atoms with van der Waals surface area (Å²) in [5.41, 5.74) is 2.29. The van der Waals surface area contributed by atoms with Crippen LogP contribution in [0.25, 0.3) is 0 Å². The second-order valence-corrected chi connectivity index (χ2v) is 6.47. The van der Waals surface area contributed by atoms with Gasteiger partial charge in [-0.15, -0.1) is 0 Å². The third-order valence-electron chi connectivity index (χ3n) is 4.25. The highest BCUT2D eigenvalue weighted by Gasteiger charge is 2.17. The summed E-state index contributed by atoms with van der Waals surface area (Å²) in [5.74, 6) is 0.775. The van der Waals surface area contributed by atoms with Crippen LogP contribution in [0.4, 0.5) is 5.69 Å². The van der Waals surface area contributed by atoms with E-state index >= 15 is 0 Å². The van der Waals surface area contributed by atoms with Gasteiger partial charge in [-0.2, -0.15) is 0 Å². The number of benzene rings is 1. The van der Waals surface area contributed by atoms with Crippen molar-refractivity contribution < 1.29 is 9.47 Å². The lowest BCUT2D eigenvalue weighted by molar-refractivity contribution is 0.0268. The van der Waals surface area contributed by atoms with Crippen molar-refractivity contribution in [3.05, 3.63) is 29.8 Å². The Kier molecular flexibility index (Phi) is 6.87. The number of hydrogen-bond donors (Lipinski definition) is 2. The predicted octanol–water partition coefficient (Wildman–Crippen LogP) is 1.61. The van der Waals surface area contributed by atoms with Gasteiger partial charge in [-0.25, -0.2) is 0 Å². The Morgan fingerprint density at radius 1 is 1.25 bits per heavy atom. The minimum Gasteiger partial charge on any atom is -0.378 e. The molecule has 1 aliphatic rings. The normalized spacial score (nSPS) is 16.2. The van der Waals surface area contributed by atoms with E-state index in [1.54, 1.807) is 14.2 Å². The number of anilines is 1. The Balaban J connectivity index is 1.95. The van der Waals surface area contributed by atoms with Gasteiger partial charge in [-0.3, -0.25) is 4.99 Å². The van der Waals surface area contributed by atoms with Crippen LogP contribution in [0.3, 0.4) is 0 Å². The molecule has 0 atom stereocenters. The Labute approximate surface area is 145 Å². The summed E-state index contributed by atoms with van der Waals surface area (Å²) in [7, 11) is 3.50. The molecule has 0 aromatic heterocycles. The Morgan fingerprint density at radius 3 is 2.62 bits per heavy atom. The fraction of sp³-hybridized carbons (Fsp3) is 0.611. The predicted molar refractivity (Wildman–Crippen MR) is 98.8 cm³/mol. The molecule has 0 saturated carbocycles. The summed E-state index contributed by atoms with van der Waals surface area (Å²) in [6.45, 7) is 8.95. The monoisotopic (exact) mass is 334 g/mol. The molecule has 134 valence electrons. The van der Waals surface area contributed by atoms with Crippen LogP contribution in [0.15, 0.2) is 29.3 Å². The average molecular weight is 334 g/mol. The van der Waals surface area contributed by atoms with E-state index in [0.29, 0.717) is 6.54 Å². The maximum absolute atomic E-state index is 5.45. The smallest absolute Gasteiger partial charge is 0.191 e. The lowest BCUT2D eigenvalue weighted by atomic mass is 10.1. The first-order chi connectivity index (χ1) is 11.6. The summed E-state index contributed by atoms with van der Waals surface area (Å²) in [4.78, 5) is 6.67. The van der Waals surface area contributed by atoms with Crippen LogP contribution < -0.4 is 15.5 Å². The molecule has 2 N–H and O–H groups in total. The average Bonchev–Trinajstić information content (AvgIpc) is 2.63. The van der Waals surface area contributed by atoms with Crippen molar-refractivity contribution in [3.8, 4) is 0 Å². The molecule has 2 rings (SSSR count). The van der Waals surface area contributed by atoms with Crippen molar-refractivity contribution in [1.29, 1.82) is 0 Å².